The van der Waals surface area contributed by atoms with Crippen LogP contribution in [0.4, 0.5) is 11.4 Å². The summed E-state index contributed by atoms with van der Waals surface area (Å²) < 4.78 is 2.31. The molecular formula is C16H15IN4S. The van der Waals surface area contributed by atoms with Gasteiger partial charge in [-0.15, -0.1) is 0 Å². The third kappa shape index (κ3) is 2.40. The van der Waals surface area contributed by atoms with Gasteiger partial charge < -0.3 is 24.0 Å². The average Bonchev–Trinajstić information content (AvgIpc) is 2.94. The highest BCUT2D eigenvalue weighted by Crippen LogP contribution is 2.38. The van der Waals surface area contributed by atoms with E-state index in [1.54, 1.807) is 11.8 Å². The molecule has 1 N–H and O–H groups in total. The van der Waals surface area contributed by atoms with Crippen molar-refractivity contribution in [3.05, 3.63) is 60.2 Å². The van der Waals surface area contributed by atoms with E-state index in [4.69, 9.17) is 0 Å². The Morgan fingerprint density at radius 1 is 1.09 bits per heavy atom. The van der Waals surface area contributed by atoms with Gasteiger partial charge in [0.25, 0.3) is 0 Å². The van der Waals surface area contributed by atoms with Gasteiger partial charge in [0.1, 0.15) is 12.0 Å². The van der Waals surface area contributed by atoms with Gasteiger partial charge in [-0.05, 0) is 36.2 Å². The molecule has 2 aromatic carbocycles. The number of halogens is 1. The van der Waals surface area contributed by atoms with E-state index < -0.39 is 0 Å². The van der Waals surface area contributed by atoms with Gasteiger partial charge >= 0.3 is 5.17 Å². The molecule has 0 saturated heterocycles. The van der Waals surface area contributed by atoms with Crippen molar-refractivity contribution in [3.63, 3.8) is 0 Å². The van der Waals surface area contributed by atoms with Crippen LogP contribution in [0.1, 0.15) is 11.7 Å². The molecule has 4 rings (SSSR count). The van der Waals surface area contributed by atoms with Gasteiger partial charge in [-0.25, -0.2) is 4.99 Å². The zero-order valence-electron chi connectivity index (χ0n) is 12.0. The Labute approximate surface area is 150 Å². The van der Waals surface area contributed by atoms with E-state index in [2.05, 4.69) is 68.7 Å². The minimum Gasteiger partial charge on any atom is -1.00 e. The number of aliphatic imine (C=N–C) groups is 1. The first-order valence-electron chi connectivity index (χ1n) is 6.82. The summed E-state index contributed by atoms with van der Waals surface area (Å²) >= 11 is 1.70. The molecule has 0 radical (unpaired) electrons. The van der Waals surface area contributed by atoms with Gasteiger partial charge in [0.15, 0.2) is 0 Å². The van der Waals surface area contributed by atoms with Crippen molar-refractivity contribution in [3.8, 4) is 0 Å². The number of benzene rings is 2. The summed E-state index contributed by atoms with van der Waals surface area (Å²) in [5, 5.41) is 3.16. The third-order valence-electron chi connectivity index (χ3n) is 3.72. The van der Waals surface area contributed by atoms with Crippen LogP contribution in [0.2, 0.25) is 0 Å². The van der Waals surface area contributed by atoms with Gasteiger partial charge in [0.05, 0.1) is 5.69 Å². The van der Waals surface area contributed by atoms with Crippen molar-refractivity contribution in [1.82, 2.24) is 10.4 Å². The van der Waals surface area contributed by atoms with Crippen LogP contribution in [0.3, 0.4) is 0 Å². The van der Waals surface area contributed by atoms with Crippen LogP contribution < -0.4 is 29.4 Å². The maximum absolute atomic E-state index is 4.52. The van der Waals surface area contributed by atoms with Gasteiger partial charge in [-0.3, -0.25) is 0 Å². The predicted molar refractivity (Wildman–Crippen MR) is 87.2 cm³/mol. The van der Waals surface area contributed by atoms with Crippen LogP contribution in [0.5, 0.6) is 0 Å². The summed E-state index contributed by atoms with van der Waals surface area (Å²) in [5.74, 6) is 0. The minimum absolute atomic E-state index is 0. The summed E-state index contributed by atoms with van der Waals surface area (Å²) in [5.41, 5.74) is 6.83. The lowest BCUT2D eigenvalue weighted by atomic mass is 10.1. The van der Waals surface area contributed by atoms with Crippen LogP contribution in [0.15, 0.2) is 59.6 Å². The highest BCUT2D eigenvalue weighted by molar-refractivity contribution is 8.13. The maximum Gasteiger partial charge on any atom is 0.336 e. The predicted octanol–water partition coefficient (Wildman–Crippen LogP) is 0.246. The topological polar surface area (TPSA) is 30.6 Å². The van der Waals surface area contributed by atoms with E-state index in [1.165, 1.54) is 11.3 Å². The summed E-state index contributed by atoms with van der Waals surface area (Å²) in [6.45, 7) is 0. The molecule has 6 heteroatoms. The first-order chi connectivity index (χ1) is 10.4. The molecular weight excluding hydrogens is 407 g/mol. The Bertz CT molecular complexity index is 745. The van der Waals surface area contributed by atoms with E-state index in [0.717, 1.165) is 10.9 Å². The molecule has 1 atom stereocenters. The number of thioether (sulfide) groups is 1. The van der Waals surface area contributed by atoms with Crippen LogP contribution in [0, 0.1) is 0 Å². The van der Waals surface area contributed by atoms with Gasteiger partial charge in [-0.1, -0.05) is 36.4 Å². The summed E-state index contributed by atoms with van der Waals surface area (Å²) in [6.07, 6.45) is 4.05. The van der Waals surface area contributed by atoms with E-state index in [-0.39, 0.29) is 30.1 Å². The maximum atomic E-state index is 4.52. The second-order valence-corrected chi connectivity index (χ2v) is 5.71. The average molecular weight is 422 g/mol. The Hall–Kier alpha value is -1.54. The molecule has 112 valence electrons. The van der Waals surface area contributed by atoms with Crippen LogP contribution >= 0.6 is 11.8 Å². The third-order valence-corrected chi connectivity index (χ3v) is 4.39. The molecule has 1 unspecified atom stereocenters. The molecule has 2 heterocycles. The normalized spacial score (nSPS) is 18.4. The highest BCUT2D eigenvalue weighted by atomic mass is 127. The number of para-hydroxylation sites is 2. The Morgan fingerprint density at radius 2 is 1.82 bits per heavy atom. The Balaban J connectivity index is 0.00000144. The lowest BCUT2D eigenvalue weighted by Gasteiger charge is -2.23. The molecule has 22 heavy (non-hydrogen) atoms. The van der Waals surface area contributed by atoms with E-state index in [0.29, 0.717) is 0 Å². The molecule has 0 saturated carbocycles. The molecule has 0 amide bonds. The number of hydrogen-bond acceptors (Lipinski definition) is 4. The van der Waals surface area contributed by atoms with Crippen molar-refractivity contribution < 1.29 is 28.6 Å². The lowest BCUT2D eigenvalue weighted by Crippen LogP contribution is -3.00. The molecule has 0 fully saturated rings. The second-order valence-electron chi connectivity index (χ2n) is 4.91. The van der Waals surface area contributed by atoms with Crippen molar-refractivity contribution in [2.24, 2.45) is 4.99 Å². The lowest BCUT2D eigenvalue weighted by molar-refractivity contribution is -0.499. The smallest absolute Gasteiger partial charge is 0.336 e. The largest absolute Gasteiger partial charge is 1.00 e. The van der Waals surface area contributed by atoms with Crippen LogP contribution in [-0.4, -0.2) is 27.3 Å². The minimum atomic E-state index is 0. The van der Waals surface area contributed by atoms with E-state index in [9.17, 15) is 0 Å². The molecule has 0 bridgehead atoms. The number of hydrazine groups is 1. The number of amidine groups is 1. The molecule has 2 aliphatic heterocycles. The van der Waals surface area contributed by atoms with Crippen molar-refractivity contribution in [2.75, 3.05) is 6.26 Å². The fourth-order valence-corrected chi connectivity index (χ4v) is 3.38. The molecule has 2 aliphatic rings. The number of fused-ring (bicyclic) bond motifs is 3. The van der Waals surface area contributed by atoms with E-state index in [1.807, 2.05) is 18.5 Å². The monoisotopic (exact) mass is 422 g/mol. The van der Waals surface area contributed by atoms with Gasteiger partial charge in [0, 0.05) is 5.56 Å². The van der Waals surface area contributed by atoms with Gasteiger partial charge in [0.2, 0.25) is 6.17 Å². The standard InChI is InChI=1S/C16H14N4S.HI/c1-21-16-18-19-11-17-14-10-6-5-9-13(14)15(19)20(16)12-7-3-2-4-8-12;/h2-11,15H,1H3;1H. The highest BCUT2D eigenvalue weighted by Gasteiger charge is 2.42. The molecule has 4 nitrogen and oxygen atoms in total. The van der Waals surface area contributed by atoms with Crippen LogP contribution in [0.25, 0.3) is 0 Å². The molecule has 0 aliphatic carbocycles. The first kappa shape index (κ1) is 15.4. The summed E-state index contributed by atoms with van der Waals surface area (Å²) in [4.78, 5) is 4.52. The quantitative estimate of drug-likeness (QED) is 0.528. The van der Waals surface area contributed by atoms with Crippen molar-refractivity contribution in [2.45, 2.75) is 6.17 Å². The van der Waals surface area contributed by atoms with Crippen molar-refractivity contribution >= 4 is 34.6 Å². The van der Waals surface area contributed by atoms with Gasteiger partial charge in [-0.2, -0.15) is 15.0 Å². The molecule has 0 aromatic heterocycles. The number of nitrogens with zero attached hydrogens (tertiary/aromatic N) is 3. The zero-order chi connectivity index (χ0) is 14.2. The Morgan fingerprint density at radius 3 is 2.59 bits per heavy atom. The SMILES string of the molecule is CSC1=[N+](c2ccccc2)C2c3ccccc3N=CN2N1.[I-]. The first-order valence-corrected chi connectivity index (χ1v) is 8.04. The number of hydrogen-bond donors (Lipinski definition) is 1. The summed E-state index contributed by atoms with van der Waals surface area (Å²) in [7, 11) is 0. The number of rotatable bonds is 1. The van der Waals surface area contributed by atoms with Crippen molar-refractivity contribution in [1.29, 1.82) is 0 Å². The Kier molecular flexibility index (Phi) is 4.39. The number of nitrogens with one attached hydrogen (secondary N) is 1. The van der Waals surface area contributed by atoms with Crippen LogP contribution in [-0.2, 0) is 0 Å². The molecule has 0 spiro atoms. The fourth-order valence-electron chi connectivity index (χ4n) is 2.78. The second kappa shape index (κ2) is 6.29. The summed E-state index contributed by atoms with van der Waals surface area (Å²) in [6, 6.07) is 18.7. The molecule has 2 aromatic rings. The fraction of sp³-hybridized carbons (Fsp3) is 0.125. The zero-order valence-corrected chi connectivity index (χ0v) is 15.0. The van der Waals surface area contributed by atoms with E-state index >= 15 is 0 Å².